The number of esters is 1. The molecule has 0 radical (unpaired) electrons. The molecule has 0 N–H and O–H groups in total. The van der Waals surface area contributed by atoms with Gasteiger partial charge in [-0.1, -0.05) is 19.1 Å². The summed E-state index contributed by atoms with van der Waals surface area (Å²) in [6.45, 7) is 9.25. The van der Waals surface area contributed by atoms with Crippen LogP contribution in [0.2, 0.25) is 0 Å². The minimum Gasteiger partial charge on any atom is -0.427 e. The van der Waals surface area contributed by atoms with E-state index in [9.17, 15) is 4.79 Å². The van der Waals surface area contributed by atoms with Crippen molar-refractivity contribution in [2.45, 2.75) is 27.2 Å². The Morgan fingerprint density at radius 2 is 2.36 bits per heavy atom. The van der Waals surface area contributed by atoms with Crippen molar-refractivity contribution in [3.8, 4) is 0 Å². The van der Waals surface area contributed by atoms with E-state index in [4.69, 9.17) is 4.74 Å². The molecule has 1 aliphatic rings. The predicted octanol–water partition coefficient (Wildman–Crippen LogP) is 2.98. The van der Waals surface area contributed by atoms with E-state index in [-0.39, 0.29) is 11.4 Å². The SMILES string of the molecule is C=CC1(C)C=C(C)C(OC(C)=O)=CC1. The summed E-state index contributed by atoms with van der Waals surface area (Å²) in [6.07, 6.45) is 6.77. The highest BCUT2D eigenvalue weighted by Crippen LogP contribution is 2.34. The fourth-order valence-electron chi connectivity index (χ4n) is 1.52. The van der Waals surface area contributed by atoms with Gasteiger partial charge in [-0.2, -0.15) is 0 Å². The molecule has 0 aliphatic heterocycles. The third-order valence-corrected chi connectivity index (χ3v) is 2.38. The molecular weight excluding hydrogens is 176 g/mol. The standard InChI is InChI=1S/C12H16O2/c1-5-12(4)7-6-11(9(2)8-12)14-10(3)13/h5-6,8H,1,7H2,2-4H3. The van der Waals surface area contributed by atoms with E-state index in [1.165, 1.54) is 6.92 Å². The third-order valence-electron chi connectivity index (χ3n) is 2.38. The van der Waals surface area contributed by atoms with E-state index in [1.54, 1.807) is 0 Å². The fourth-order valence-corrected chi connectivity index (χ4v) is 1.52. The van der Waals surface area contributed by atoms with E-state index in [1.807, 2.05) is 19.1 Å². The van der Waals surface area contributed by atoms with Crippen LogP contribution in [0, 0.1) is 5.41 Å². The van der Waals surface area contributed by atoms with Crippen LogP contribution in [0.4, 0.5) is 0 Å². The maximum Gasteiger partial charge on any atom is 0.308 e. The van der Waals surface area contributed by atoms with E-state index in [2.05, 4.69) is 19.6 Å². The molecule has 1 aliphatic carbocycles. The van der Waals surface area contributed by atoms with Gasteiger partial charge >= 0.3 is 5.97 Å². The number of allylic oxidation sites excluding steroid dienone is 4. The summed E-state index contributed by atoms with van der Waals surface area (Å²) in [5, 5.41) is 0. The van der Waals surface area contributed by atoms with E-state index in [0.29, 0.717) is 5.76 Å². The molecule has 0 saturated heterocycles. The molecule has 1 unspecified atom stereocenters. The van der Waals surface area contributed by atoms with Gasteiger partial charge in [0.1, 0.15) is 5.76 Å². The van der Waals surface area contributed by atoms with E-state index in [0.717, 1.165) is 12.0 Å². The summed E-state index contributed by atoms with van der Waals surface area (Å²) in [4.78, 5) is 10.8. The molecule has 0 heterocycles. The van der Waals surface area contributed by atoms with E-state index < -0.39 is 0 Å². The molecule has 0 aromatic rings. The second-order valence-electron chi connectivity index (χ2n) is 3.90. The maximum atomic E-state index is 10.8. The highest BCUT2D eigenvalue weighted by atomic mass is 16.5. The summed E-state index contributed by atoms with van der Waals surface area (Å²) in [7, 11) is 0. The quantitative estimate of drug-likeness (QED) is 0.496. The zero-order valence-corrected chi connectivity index (χ0v) is 8.96. The van der Waals surface area contributed by atoms with Crippen LogP contribution in [0.15, 0.2) is 36.1 Å². The van der Waals surface area contributed by atoms with Crippen molar-refractivity contribution in [1.82, 2.24) is 0 Å². The van der Waals surface area contributed by atoms with Crippen LogP contribution in [-0.2, 0) is 9.53 Å². The van der Waals surface area contributed by atoms with Crippen LogP contribution >= 0.6 is 0 Å². The Labute approximate surface area is 85.0 Å². The predicted molar refractivity (Wildman–Crippen MR) is 56.5 cm³/mol. The summed E-state index contributed by atoms with van der Waals surface area (Å²) in [5.41, 5.74) is 0.988. The lowest BCUT2D eigenvalue weighted by molar-refractivity contribution is -0.136. The van der Waals surface area contributed by atoms with E-state index >= 15 is 0 Å². The molecule has 0 fully saturated rings. The van der Waals surface area contributed by atoms with Crippen LogP contribution in [0.5, 0.6) is 0 Å². The molecule has 0 aromatic heterocycles. The molecule has 1 atom stereocenters. The Morgan fingerprint density at radius 1 is 1.71 bits per heavy atom. The Kier molecular flexibility index (Phi) is 2.94. The topological polar surface area (TPSA) is 26.3 Å². The third kappa shape index (κ3) is 2.34. The summed E-state index contributed by atoms with van der Waals surface area (Å²) < 4.78 is 5.06. The summed E-state index contributed by atoms with van der Waals surface area (Å²) in [5.74, 6) is 0.406. The van der Waals surface area contributed by atoms with Gasteiger partial charge < -0.3 is 4.74 Å². The first-order valence-corrected chi connectivity index (χ1v) is 4.69. The molecule has 0 amide bonds. The molecular formula is C12H16O2. The number of carbonyl (C=O) groups is 1. The lowest BCUT2D eigenvalue weighted by Crippen LogP contribution is -2.15. The molecule has 1 rings (SSSR count). The first-order chi connectivity index (χ1) is 6.47. The van der Waals surface area contributed by atoms with Gasteiger partial charge in [-0.15, -0.1) is 6.58 Å². The molecule has 0 bridgehead atoms. The normalized spacial score (nSPS) is 26.2. The van der Waals surface area contributed by atoms with Gasteiger partial charge in [0.2, 0.25) is 0 Å². The smallest absolute Gasteiger partial charge is 0.308 e. The largest absolute Gasteiger partial charge is 0.427 e. The number of ether oxygens (including phenoxy) is 1. The Balaban J connectivity index is 2.83. The van der Waals surface area contributed by atoms with Gasteiger partial charge in [0.15, 0.2) is 0 Å². The van der Waals surface area contributed by atoms with Crippen molar-refractivity contribution in [2.24, 2.45) is 5.41 Å². The molecule has 2 nitrogen and oxygen atoms in total. The van der Waals surface area contributed by atoms with Crippen LogP contribution in [0.25, 0.3) is 0 Å². The van der Waals surface area contributed by atoms with Crippen molar-refractivity contribution < 1.29 is 9.53 Å². The monoisotopic (exact) mass is 192 g/mol. The minimum atomic E-state index is -0.272. The highest BCUT2D eigenvalue weighted by molar-refractivity contribution is 5.68. The van der Waals surface area contributed by atoms with Crippen LogP contribution in [0.1, 0.15) is 27.2 Å². The van der Waals surface area contributed by atoms with Crippen molar-refractivity contribution in [3.63, 3.8) is 0 Å². The van der Waals surface area contributed by atoms with Crippen molar-refractivity contribution in [2.75, 3.05) is 0 Å². The van der Waals surface area contributed by atoms with Crippen LogP contribution in [0.3, 0.4) is 0 Å². The van der Waals surface area contributed by atoms with Gasteiger partial charge in [0.25, 0.3) is 0 Å². The Bertz CT molecular complexity index is 323. The first kappa shape index (κ1) is 10.8. The van der Waals surface area contributed by atoms with Gasteiger partial charge in [0.05, 0.1) is 0 Å². The Morgan fingerprint density at radius 3 is 2.79 bits per heavy atom. The average Bonchev–Trinajstić information content (AvgIpc) is 2.10. The second kappa shape index (κ2) is 3.82. The highest BCUT2D eigenvalue weighted by Gasteiger charge is 2.22. The lowest BCUT2D eigenvalue weighted by atomic mass is 9.81. The average molecular weight is 192 g/mol. The molecule has 0 aromatic carbocycles. The molecule has 76 valence electrons. The van der Waals surface area contributed by atoms with Crippen molar-refractivity contribution >= 4 is 5.97 Å². The molecule has 0 saturated carbocycles. The summed E-state index contributed by atoms with van der Waals surface area (Å²) >= 11 is 0. The minimum absolute atomic E-state index is 0.00622. The fraction of sp³-hybridized carbons (Fsp3) is 0.417. The molecule has 14 heavy (non-hydrogen) atoms. The van der Waals surface area contributed by atoms with Gasteiger partial charge in [-0.05, 0) is 25.0 Å². The zero-order chi connectivity index (χ0) is 10.8. The molecule has 2 heteroatoms. The number of rotatable bonds is 2. The van der Waals surface area contributed by atoms with Crippen molar-refractivity contribution in [3.05, 3.63) is 36.1 Å². The lowest BCUT2D eigenvalue weighted by Gasteiger charge is -2.26. The van der Waals surface area contributed by atoms with Gasteiger partial charge in [0, 0.05) is 12.3 Å². The number of hydrogen-bond acceptors (Lipinski definition) is 2. The van der Waals surface area contributed by atoms with Gasteiger partial charge in [-0.3, -0.25) is 4.79 Å². The van der Waals surface area contributed by atoms with Crippen LogP contribution in [-0.4, -0.2) is 5.97 Å². The van der Waals surface area contributed by atoms with Crippen molar-refractivity contribution in [1.29, 1.82) is 0 Å². The summed E-state index contributed by atoms with van der Waals surface area (Å²) in [6, 6.07) is 0. The Hall–Kier alpha value is -1.31. The number of hydrogen-bond donors (Lipinski definition) is 0. The number of carbonyl (C=O) groups excluding carboxylic acids is 1. The second-order valence-corrected chi connectivity index (χ2v) is 3.90. The van der Waals surface area contributed by atoms with Crippen LogP contribution < -0.4 is 0 Å². The molecule has 0 spiro atoms. The maximum absolute atomic E-state index is 10.8. The van der Waals surface area contributed by atoms with Gasteiger partial charge in [-0.25, -0.2) is 0 Å². The zero-order valence-electron chi connectivity index (χ0n) is 8.96. The first-order valence-electron chi connectivity index (χ1n) is 4.69.